The molecule has 3 aromatic rings. The molecule has 0 radical (unpaired) electrons. The lowest BCUT2D eigenvalue weighted by atomic mass is 10.2. The molecule has 26 heavy (non-hydrogen) atoms. The smallest absolute Gasteiger partial charge is 0.274 e. The van der Waals surface area contributed by atoms with Gasteiger partial charge in [-0.05, 0) is 36.4 Å². The fourth-order valence-electron chi connectivity index (χ4n) is 2.26. The molecule has 0 unspecified atom stereocenters. The van der Waals surface area contributed by atoms with Crippen LogP contribution in [0.2, 0.25) is 0 Å². The molecule has 0 spiro atoms. The van der Waals surface area contributed by atoms with Crippen LogP contribution in [-0.2, 0) is 0 Å². The molecule has 0 aliphatic heterocycles. The lowest BCUT2D eigenvalue weighted by molar-refractivity contribution is 0.102. The lowest BCUT2D eigenvalue weighted by Crippen LogP contribution is -2.15. The summed E-state index contributed by atoms with van der Waals surface area (Å²) in [6, 6.07) is 17.6. The Morgan fingerprint density at radius 2 is 1.88 bits per heavy atom. The number of hydrogen-bond donors (Lipinski definition) is 2. The number of nitrogens with one attached hydrogen (secondary N) is 2. The number of carbonyl (C=O) groups is 1. The molecule has 1 amide bonds. The SMILES string of the molecule is COc1ccccc1NC(=O)c1cc(Nc2ccc(C#N)cc2)ncn1. The number of anilines is 3. The number of nitrogens with zero attached hydrogens (tertiary/aromatic N) is 3. The Morgan fingerprint density at radius 1 is 1.12 bits per heavy atom. The quantitative estimate of drug-likeness (QED) is 0.735. The van der Waals surface area contributed by atoms with E-state index < -0.39 is 0 Å². The molecular formula is C19H15N5O2. The minimum atomic E-state index is -0.375. The number of para-hydroxylation sites is 2. The number of ether oxygens (including phenoxy) is 1. The number of nitriles is 1. The van der Waals surface area contributed by atoms with Gasteiger partial charge in [0.25, 0.3) is 5.91 Å². The zero-order valence-electron chi connectivity index (χ0n) is 13.9. The summed E-state index contributed by atoms with van der Waals surface area (Å²) in [6.45, 7) is 0. The Kier molecular flexibility index (Phi) is 5.05. The first kappa shape index (κ1) is 16.9. The molecule has 2 aromatic carbocycles. The first-order valence-electron chi connectivity index (χ1n) is 7.73. The maximum absolute atomic E-state index is 12.4. The zero-order chi connectivity index (χ0) is 18.4. The number of carbonyl (C=O) groups excluding carboxylic acids is 1. The summed E-state index contributed by atoms with van der Waals surface area (Å²) in [5.74, 6) is 0.653. The van der Waals surface area contributed by atoms with Crippen molar-refractivity contribution >= 4 is 23.1 Å². The predicted octanol–water partition coefficient (Wildman–Crippen LogP) is 3.35. The van der Waals surface area contributed by atoms with Crippen LogP contribution in [0, 0.1) is 11.3 Å². The van der Waals surface area contributed by atoms with Crippen LogP contribution in [0.4, 0.5) is 17.2 Å². The van der Waals surface area contributed by atoms with Crippen LogP contribution in [0.15, 0.2) is 60.9 Å². The number of amides is 1. The van der Waals surface area contributed by atoms with E-state index in [-0.39, 0.29) is 11.6 Å². The van der Waals surface area contributed by atoms with E-state index in [2.05, 4.69) is 26.7 Å². The maximum atomic E-state index is 12.4. The van der Waals surface area contributed by atoms with E-state index in [0.29, 0.717) is 22.8 Å². The van der Waals surface area contributed by atoms with Gasteiger partial charge in [0.05, 0.1) is 24.4 Å². The fraction of sp³-hybridized carbons (Fsp3) is 0.0526. The Morgan fingerprint density at radius 3 is 2.62 bits per heavy atom. The van der Waals surface area contributed by atoms with E-state index >= 15 is 0 Å². The predicted molar refractivity (Wildman–Crippen MR) is 97.4 cm³/mol. The molecule has 0 saturated carbocycles. The minimum Gasteiger partial charge on any atom is -0.495 e. The van der Waals surface area contributed by atoms with Crippen molar-refractivity contribution in [2.45, 2.75) is 0 Å². The van der Waals surface area contributed by atoms with Crippen molar-refractivity contribution < 1.29 is 9.53 Å². The summed E-state index contributed by atoms with van der Waals surface area (Å²) in [6.07, 6.45) is 1.31. The summed E-state index contributed by atoms with van der Waals surface area (Å²) in [5, 5.41) is 14.7. The van der Waals surface area contributed by atoms with Gasteiger partial charge in [0.2, 0.25) is 0 Å². The van der Waals surface area contributed by atoms with Gasteiger partial charge < -0.3 is 15.4 Å². The van der Waals surface area contributed by atoms with Crippen molar-refractivity contribution in [1.29, 1.82) is 5.26 Å². The maximum Gasteiger partial charge on any atom is 0.274 e. The highest BCUT2D eigenvalue weighted by molar-refractivity contribution is 6.04. The molecule has 7 heteroatoms. The molecule has 0 fully saturated rings. The van der Waals surface area contributed by atoms with Crippen LogP contribution >= 0.6 is 0 Å². The Balaban J connectivity index is 1.75. The number of hydrogen-bond acceptors (Lipinski definition) is 6. The molecule has 0 aliphatic rings. The normalized spacial score (nSPS) is 9.85. The third-order valence-electron chi connectivity index (χ3n) is 3.54. The molecule has 1 aromatic heterocycles. The second-order valence-corrected chi connectivity index (χ2v) is 5.26. The third kappa shape index (κ3) is 3.94. The highest BCUT2D eigenvalue weighted by Gasteiger charge is 2.12. The van der Waals surface area contributed by atoms with Crippen molar-refractivity contribution in [1.82, 2.24) is 9.97 Å². The molecule has 0 saturated heterocycles. The van der Waals surface area contributed by atoms with E-state index in [0.717, 1.165) is 5.69 Å². The van der Waals surface area contributed by atoms with Gasteiger partial charge in [-0.1, -0.05) is 12.1 Å². The second-order valence-electron chi connectivity index (χ2n) is 5.26. The van der Waals surface area contributed by atoms with Gasteiger partial charge in [-0.2, -0.15) is 5.26 Å². The third-order valence-corrected chi connectivity index (χ3v) is 3.54. The molecule has 0 atom stereocenters. The zero-order valence-corrected chi connectivity index (χ0v) is 13.9. The van der Waals surface area contributed by atoms with Gasteiger partial charge in [0, 0.05) is 11.8 Å². The summed E-state index contributed by atoms with van der Waals surface area (Å²) in [7, 11) is 1.54. The number of methoxy groups -OCH3 is 1. The summed E-state index contributed by atoms with van der Waals surface area (Å²) in [4.78, 5) is 20.6. The van der Waals surface area contributed by atoms with Gasteiger partial charge in [0.15, 0.2) is 0 Å². The van der Waals surface area contributed by atoms with Crippen molar-refractivity contribution in [2.24, 2.45) is 0 Å². The monoisotopic (exact) mass is 345 g/mol. The molecule has 1 heterocycles. The summed E-state index contributed by atoms with van der Waals surface area (Å²) < 4.78 is 5.22. The van der Waals surface area contributed by atoms with E-state index in [1.54, 1.807) is 48.5 Å². The lowest BCUT2D eigenvalue weighted by Gasteiger charge is -2.10. The molecule has 128 valence electrons. The Labute approximate surface area is 150 Å². The van der Waals surface area contributed by atoms with Crippen LogP contribution in [0.1, 0.15) is 16.1 Å². The number of rotatable bonds is 5. The highest BCUT2D eigenvalue weighted by Crippen LogP contribution is 2.23. The van der Waals surface area contributed by atoms with Crippen LogP contribution < -0.4 is 15.4 Å². The Hall–Kier alpha value is -3.92. The molecular weight excluding hydrogens is 330 g/mol. The van der Waals surface area contributed by atoms with Gasteiger partial charge in [-0.3, -0.25) is 4.79 Å². The fourth-order valence-corrected chi connectivity index (χ4v) is 2.26. The van der Waals surface area contributed by atoms with E-state index in [9.17, 15) is 4.79 Å². The van der Waals surface area contributed by atoms with Gasteiger partial charge >= 0.3 is 0 Å². The van der Waals surface area contributed by atoms with Gasteiger partial charge in [-0.15, -0.1) is 0 Å². The average molecular weight is 345 g/mol. The number of aromatic nitrogens is 2. The van der Waals surface area contributed by atoms with E-state index in [4.69, 9.17) is 10.00 Å². The largest absolute Gasteiger partial charge is 0.495 e. The summed E-state index contributed by atoms with van der Waals surface area (Å²) >= 11 is 0. The highest BCUT2D eigenvalue weighted by atomic mass is 16.5. The topological polar surface area (TPSA) is 99.9 Å². The molecule has 0 bridgehead atoms. The first-order chi connectivity index (χ1) is 12.7. The van der Waals surface area contributed by atoms with Crippen LogP contribution in [-0.4, -0.2) is 23.0 Å². The molecule has 2 N–H and O–H groups in total. The van der Waals surface area contributed by atoms with Crippen molar-refractivity contribution in [3.63, 3.8) is 0 Å². The average Bonchev–Trinajstić information content (AvgIpc) is 2.69. The van der Waals surface area contributed by atoms with Crippen molar-refractivity contribution in [2.75, 3.05) is 17.7 Å². The summed E-state index contributed by atoms with van der Waals surface area (Å²) in [5.41, 5.74) is 2.08. The Bertz CT molecular complexity index is 964. The van der Waals surface area contributed by atoms with Gasteiger partial charge in [0.1, 0.15) is 23.6 Å². The van der Waals surface area contributed by atoms with E-state index in [1.807, 2.05) is 6.07 Å². The standard InChI is InChI=1S/C19H15N5O2/c1-26-17-5-3-2-4-15(17)24-19(25)16-10-18(22-12-21-16)23-14-8-6-13(11-20)7-9-14/h2-10,12H,1H3,(H,24,25)(H,21,22,23). The minimum absolute atomic E-state index is 0.210. The van der Waals surface area contributed by atoms with Crippen LogP contribution in [0.5, 0.6) is 5.75 Å². The molecule has 0 aliphatic carbocycles. The molecule has 7 nitrogen and oxygen atoms in total. The van der Waals surface area contributed by atoms with Gasteiger partial charge in [-0.25, -0.2) is 9.97 Å². The van der Waals surface area contributed by atoms with Crippen LogP contribution in [0.3, 0.4) is 0 Å². The van der Waals surface area contributed by atoms with Crippen LogP contribution in [0.25, 0.3) is 0 Å². The van der Waals surface area contributed by atoms with Crippen molar-refractivity contribution in [3.05, 3.63) is 72.2 Å². The van der Waals surface area contributed by atoms with E-state index in [1.165, 1.54) is 13.4 Å². The molecule has 3 rings (SSSR count). The second kappa shape index (κ2) is 7.77. The van der Waals surface area contributed by atoms with Crippen molar-refractivity contribution in [3.8, 4) is 11.8 Å². The number of benzene rings is 2. The first-order valence-corrected chi connectivity index (χ1v) is 7.73.